The van der Waals surface area contributed by atoms with Gasteiger partial charge in [0.1, 0.15) is 5.82 Å². The highest BCUT2D eigenvalue weighted by Crippen LogP contribution is 2.26. The predicted molar refractivity (Wildman–Crippen MR) is 107 cm³/mol. The van der Waals surface area contributed by atoms with Crippen LogP contribution in [0.15, 0.2) is 47.3 Å². The van der Waals surface area contributed by atoms with Crippen LogP contribution in [0.4, 0.5) is 11.5 Å². The number of carbonyl (C=O) groups is 2. The normalized spacial score (nSPS) is 16.3. The van der Waals surface area contributed by atoms with Crippen molar-refractivity contribution in [2.45, 2.75) is 20.3 Å². The summed E-state index contributed by atoms with van der Waals surface area (Å²) in [5.41, 5.74) is 1.65. The van der Waals surface area contributed by atoms with Gasteiger partial charge in [-0.15, -0.1) is 0 Å². The van der Waals surface area contributed by atoms with E-state index in [-0.39, 0.29) is 29.7 Å². The van der Waals surface area contributed by atoms with Gasteiger partial charge in [-0.25, -0.2) is 4.98 Å². The van der Waals surface area contributed by atoms with Crippen LogP contribution >= 0.6 is 0 Å². The van der Waals surface area contributed by atoms with Crippen molar-refractivity contribution in [3.63, 3.8) is 0 Å². The molecular weight excluding hydrogens is 372 g/mol. The molecule has 0 spiro atoms. The predicted octanol–water partition coefficient (Wildman–Crippen LogP) is 1.56. The monoisotopic (exact) mass is 392 g/mol. The highest BCUT2D eigenvalue weighted by Gasteiger charge is 2.35. The zero-order chi connectivity index (χ0) is 20.5. The number of hydrogen-bond acceptors (Lipinski definition) is 5. The average molecular weight is 392 g/mol. The Bertz CT molecular complexity index is 1130. The van der Waals surface area contributed by atoms with Gasteiger partial charge in [0, 0.05) is 36.5 Å². The van der Waals surface area contributed by atoms with E-state index in [2.05, 4.69) is 20.4 Å². The second-order valence-corrected chi connectivity index (χ2v) is 7.02. The van der Waals surface area contributed by atoms with Crippen LogP contribution in [-0.2, 0) is 9.59 Å². The maximum absolute atomic E-state index is 12.8. The molecule has 1 aliphatic heterocycles. The summed E-state index contributed by atoms with van der Waals surface area (Å²) < 4.78 is 1.38. The summed E-state index contributed by atoms with van der Waals surface area (Å²) in [5.74, 6) is -0.270. The summed E-state index contributed by atoms with van der Waals surface area (Å²) in [7, 11) is 0. The second kappa shape index (κ2) is 7.34. The Morgan fingerprint density at radius 2 is 1.90 bits per heavy atom. The first-order valence-corrected chi connectivity index (χ1v) is 9.22. The van der Waals surface area contributed by atoms with Crippen molar-refractivity contribution >= 4 is 23.3 Å². The van der Waals surface area contributed by atoms with E-state index < -0.39 is 5.92 Å². The number of H-pyrrole nitrogens is 1. The quantitative estimate of drug-likeness (QED) is 0.700. The number of benzene rings is 1. The minimum atomic E-state index is -0.490. The van der Waals surface area contributed by atoms with Gasteiger partial charge in [-0.2, -0.15) is 9.78 Å². The number of hydrogen-bond donors (Lipinski definition) is 2. The number of carbonyl (C=O) groups excluding carboxylic acids is 2. The Morgan fingerprint density at radius 1 is 1.14 bits per heavy atom. The third-order valence-electron chi connectivity index (χ3n) is 4.70. The van der Waals surface area contributed by atoms with Crippen LogP contribution in [0.2, 0.25) is 0 Å². The minimum absolute atomic E-state index is 0.0919. The first-order valence-electron chi connectivity index (χ1n) is 9.22. The van der Waals surface area contributed by atoms with Gasteiger partial charge in [-0.1, -0.05) is 18.2 Å². The molecule has 1 saturated heterocycles. The van der Waals surface area contributed by atoms with Crippen LogP contribution in [0.25, 0.3) is 5.95 Å². The lowest BCUT2D eigenvalue weighted by molar-refractivity contribution is -0.122. The Hall–Kier alpha value is -3.75. The molecule has 9 nitrogen and oxygen atoms in total. The van der Waals surface area contributed by atoms with Crippen LogP contribution in [-0.4, -0.2) is 38.1 Å². The molecule has 0 bridgehead atoms. The van der Waals surface area contributed by atoms with E-state index in [4.69, 9.17) is 0 Å². The van der Waals surface area contributed by atoms with Crippen molar-refractivity contribution < 1.29 is 9.59 Å². The molecule has 29 heavy (non-hydrogen) atoms. The molecule has 148 valence electrons. The number of nitrogens with one attached hydrogen (secondary N) is 2. The molecule has 2 N–H and O–H groups in total. The second-order valence-electron chi connectivity index (χ2n) is 7.02. The van der Waals surface area contributed by atoms with Crippen LogP contribution in [0.1, 0.15) is 17.8 Å². The molecule has 2 aromatic heterocycles. The smallest absolute Gasteiger partial charge is 0.252 e. The van der Waals surface area contributed by atoms with E-state index in [1.165, 1.54) is 10.7 Å². The number of anilines is 2. The largest absolute Gasteiger partial charge is 0.312 e. The Balaban J connectivity index is 1.55. The van der Waals surface area contributed by atoms with Crippen molar-refractivity contribution in [2.75, 3.05) is 16.8 Å². The summed E-state index contributed by atoms with van der Waals surface area (Å²) in [5, 5.41) is 7.14. The topological polar surface area (TPSA) is 113 Å². The van der Waals surface area contributed by atoms with Gasteiger partial charge < -0.3 is 10.2 Å². The molecule has 2 amide bonds. The van der Waals surface area contributed by atoms with Crippen molar-refractivity contribution in [1.29, 1.82) is 0 Å². The molecule has 3 heterocycles. The van der Waals surface area contributed by atoms with E-state index in [1.807, 2.05) is 30.3 Å². The van der Waals surface area contributed by atoms with E-state index in [0.717, 1.165) is 5.69 Å². The number of para-hydroxylation sites is 1. The fourth-order valence-corrected chi connectivity index (χ4v) is 3.38. The molecule has 4 rings (SSSR count). The van der Waals surface area contributed by atoms with Gasteiger partial charge in [0.25, 0.3) is 5.56 Å². The maximum Gasteiger partial charge on any atom is 0.252 e. The number of aryl methyl sites for hydroxylation is 2. The number of rotatable bonds is 4. The average Bonchev–Trinajstić information content (AvgIpc) is 3.24. The van der Waals surface area contributed by atoms with Gasteiger partial charge in [-0.3, -0.25) is 19.4 Å². The maximum atomic E-state index is 12.8. The Morgan fingerprint density at radius 3 is 2.62 bits per heavy atom. The lowest BCUT2D eigenvalue weighted by Crippen LogP contribution is -2.28. The van der Waals surface area contributed by atoms with Crippen LogP contribution in [0.5, 0.6) is 0 Å². The molecule has 0 unspecified atom stereocenters. The summed E-state index contributed by atoms with van der Waals surface area (Å²) in [6, 6.07) is 12.3. The van der Waals surface area contributed by atoms with E-state index in [0.29, 0.717) is 23.8 Å². The van der Waals surface area contributed by atoms with Crippen molar-refractivity contribution in [3.8, 4) is 5.95 Å². The Labute approximate surface area is 166 Å². The number of amides is 2. The van der Waals surface area contributed by atoms with Crippen LogP contribution in [0, 0.1) is 19.8 Å². The van der Waals surface area contributed by atoms with Crippen molar-refractivity contribution in [2.24, 2.45) is 5.92 Å². The zero-order valence-electron chi connectivity index (χ0n) is 16.0. The molecule has 0 saturated carbocycles. The molecule has 1 fully saturated rings. The molecule has 0 radical (unpaired) electrons. The molecule has 1 aromatic carbocycles. The molecule has 1 atom stereocenters. The van der Waals surface area contributed by atoms with E-state index in [9.17, 15) is 14.4 Å². The van der Waals surface area contributed by atoms with Gasteiger partial charge >= 0.3 is 0 Å². The van der Waals surface area contributed by atoms with Crippen LogP contribution < -0.4 is 15.8 Å². The Kier molecular flexibility index (Phi) is 4.71. The molecule has 1 aliphatic rings. The molecular formula is C20H20N6O3. The van der Waals surface area contributed by atoms with Gasteiger partial charge in [0.2, 0.25) is 17.8 Å². The number of aromatic amines is 1. The van der Waals surface area contributed by atoms with Gasteiger partial charge in [0.15, 0.2) is 0 Å². The summed E-state index contributed by atoms with van der Waals surface area (Å²) >= 11 is 0. The van der Waals surface area contributed by atoms with Crippen LogP contribution in [0.3, 0.4) is 0 Å². The summed E-state index contributed by atoms with van der Waals surface area (Å²) in [4.78, 5) is 45.5. The fourth-order valence-electron chi connectivity index (χ4n) is 3.38. The number of aromatic nitrogens is 4. The third kappa shape index (κ3) is 3.79. The van der Waals surface area contributed by atoms with E-state index in [1.54, 1.807) is 24.8 Å². The zero-order valence-corrected chi connectivity index (χ0v) is 16.0. The van der Waals surface area contributed by atoms with E-state index >= 15 is 0 Å². The molecule has 0 aliphatic carbocycles. The summed E-state index contributed by atoms with van der Waals surface area (Å²) in [6.45, 7) is 3.78. The summed E-state index contributed by atoms with van der Waals surface area (Å²) in [6.07, 6.45) is 0.132. The van der Waals surface area contributed by atoms with Gasteiger partial charge in [0.05, 0.1) is 11.6 Å². The highest BCUT2D eigenvalue weighted by molar-refractivity contribution is 6.03. The van der Waals surface area contributed by atoms with Crippen molar-refractivity contribution in [3.05, 3.63) is 64.2 Å². The lowest BCUT2D eigenvalue weighted by Gasteiger charge is -2.16. The molecule has 9 heteroatoms. The standard InChI is InChI=1S/C20H20N6O3/c1-12-9-17(27)23-20(21-12)26-16(8-13(2)24-26)22-19(29)14-10-18(28)25(11-14)15-6-4-3-5-7-15/h3-9,14H,10-11H2,1-2H3,(H,22,29)(H,21,23,27)/t14-/m0/s1. The fraction of sp³-hybridized carbons (Fsp3) is 0.250. The highest BCUT2D eigenvalue weighted by atomic mass is 16.2. The van der Waals surface area contributed by atoms with Crippen molar-refractivity contribution in [1.82, 2.24) is 19.7 Å². The SMILES string of the molecule is Cc1cc(=O)[nH]c(-n2nc(C)cc2NC(=O)[C@H]2CC(=O)N(c3ccccc3)C2)n1. The van der Waals surface area contributed by atoms with Gasteiger partial charge in [-0.05, 0) is 26.0 Å². The first kappa shape index (κ1) is 18.6. The first-order chi connectivity index (χ1) is 13.9. The number of nitrogens with zero attached hydrogens (tertiary/aromatic N) is 4. The lowest BCUT2D eigenvalue weighted by atomic mass is 10.1. The third-order valence-corrected chi connectivity index (χ3v) is 4.70. The minimum Gasteiger partial charge on any atom is -0.312 e. The molecule has 3 aromatic rings.